The second-order valence-electron chi connectivity index (χ2n) is 3.26. The van der Waals surface area contributed by atoms with E-state index in [1.165, 1.54) is 12.1 Å². The Morgan fingerprint density at radius 3 is 2.36 bits per heavy atom. The molecule has 76 valence electrons. The summed E-state index contributed by atoms with van der Waals surface area (Å²) in [5.41, 5.74) is 1.05. The molecule has 14 heavy (non-hydrogen) atoms. The Morgan fingerprint density at radius 1 is 1.29 bits per heavy atom. The lowest BCUT2D eigenvalue weighted by Gasteiger charge is -2.07. The third kappa shape index (κ3) is 3.50. The first-order chi connectivity index (χ1) is 6.59. The monoisotopic (exact) mass is 257 g/mol. The summed E-state index contributed by atoms with van der Waals surface area (Å²) in [5.74, 6) is -0.204. The summed E-state index contributed by atoms with van der Waals surface area (Å²) < 4.78 is 12.6. The summed E-state index contributed by atoms with van der Waals surface area (Å²) in [4.78, 5) is 2.09. The topological polar surface area (TPSA) is 3.24 Å². The molecule has 1 unspecified atom stereocenters. The fourth-order valence-corrected chi connectivity index (χ4v) is 1.45. The number of rotatable bonds is 3. The van der Waals surface area contributed by atoms with E-state index < -0.39 is 0 Å². The van der Waals surface area contributed by atoms with Gasteiger partial charge in [0.1, 0.15) is 5.82 Å². The van der Waals surface area contributed by atoms with Crippen LogP contribution in [0.5, 0.6) is 0 Å². The van der Waals surface area contributed by atoms with Gasteiger partial charge in [-0.15, -0.1) is 0 Å². The van der Waals surface area contributed by atoms with E-state index in [1.807, 2.05) is 31.3 Å². The van der Waals surface area contributed by atoms with Crippen molar-refractivity contribution < 1.29 is 4.39 Å². The van der Waals surface area contributed by atoms with Gasteiger partial charge in [-0.1, -0.05) is 34.1 Å². The molecule has 1 aromatic rings. The lowest BCUT2D eigenvalue weighted by Crippen LogP contribution is -2.00. The Labute approximate surface area is 92.4 Å². The summed E-state index contributed by atoms with van der Waals surface area (Å²) in [6.45, 7) is 0. The zero-order chi connectivity index (χ0) is 10.6. The highest BCUT2D eigenvalue weighted by molar-refractivity contribution is 9.09. The fourth-order valence-electron chi connectivity index (χ4n) is 1.01. The van der Waals surface area contributed by atoms with Crippen molar-refractivity contribution in [3.8, 4) is 0 Å². The Balaban J connectivity index is 2.69. The van der Waals surface area contributed by atoms with Crippen LogP contribution in [-0.2, 0) is 0 Å². The van der Waals surface area contributed by atoms with Crippen molar-refractivity contribution in [3.63, 3.8) is 0 Å². The van der Waals surface area contributed by atoms with Crippen molar-refractivity contribution in [1.29, 1.82) is 0 Å². The normalized spacial score (nSPS) is 13.1. The number of hydrogen-bond acceptors (Lipinski definition) is 1. The van der Waals surface area contributed by atoms with Crippen LogP contribution in [0.15, 0.2) is 36.5 Å². The van der Waals surface area contributed by atoms with Crippen molar-refractivity contribution in [1.82, 2.24) is 4.90 Å². The van der Waals surface area contributed by atoms with E-state index >= 15 is 0 Å². The highest BCUT2D eigenvalue weighted by Crippen LogP contribution is 2.24. The highest BCUT2D eigenvalue weighted by atomic mass is 79.9. The van der Waals surface area contributed by atoms with Crippen LogP contribution in [0.2, 0.25) is 0 Å². The van der Waals surface area contributed by atoms with Crippen LogP contribution in [0.3, 0.4) is 0 Å². The van der Waals surface area contributed by atoms with Crippen molar-refractivity contribution in [2.75, 3.05) is 14.1 Å². The summed E-state index contributed by atoms with van der Waals surface area (Å²) in [5, 5.41) is 0. The summed E-state index contributed by atoms with van der Waals surface area (Å²) in [6.07, 6.45) is 3.97. The predicted molar refractivity (Wildman–Crippen MR) is 60.9 cm³/mol. The molecule has 0 bridgehead atoms. The number of alkyl halides is 1. The third-order valence-corrected chi connectivity index (χ3v) is 2.58. The van der Waals surface area contributed by atoms with E-state index in [4.69, 9.17) is 0 Å². The molecule has 3 heteroatoms. The Kier molecular flexibility index (Phi) is 4.14. The molecule has 0 fully saturated rings. The molecule has 0 spiro atoms. The lowest BCUT2D eigenvalue weighted by molar-refractivity contribution is 0.561. The molecular weight excluding hydrogens is 245 g/mol. The molecule has 1 nitrogen and oxygen atoms in total. The molecule has 1 atom stereocenters. The van der Waals surface area contributed by atoms with Gasteiger partial charge in [0.25, 0.3) is 0 Å². The molecule has 0 N–H and O–H groups in total. The van der Waals surface area contributed by atoms with Crippen LogP contribution in [0.4, 0.5) is 4.39 Å². The standard InChI is InChI=1S/C11H13BrFN/c1-14(2)8-7-11(12)9-3-5-10(13)6-4-9/h3-8,11H,1-2H3/b8-7+. The van der Waals surface area contributed by atoms with Crippen LogP contribution in [0.25, 0.3) is 0 Å². The van der Waals surface area contributed by atoms with Crippen molar-refractivity contribution in [2.45, 2.75) is 4.83 Å². The summed E-state index contributed by atoms with van der Waals surface area (Å²) >= 11 is 3.50. The van der Waals surface area contributed by atoms with Gasteiger partial charge in [-0.05, 0) is 23.9 Å². The number of halogens is 2. The average molecular weight is 258 g/mol. The molecule has 0 aromatic heterocycles. The minimum atomic E-state index is -0.204. The van der Waals surface area contributed by atoms with Crippen LogP contribution in [0.1, 0.15) is 10.4 Å². The Bertz CT molecular complexity index is 306. The predicted octanol–water partition coefficient (Wildman–Crippen LogP) is 3.34. The molecule has 0 aliphatic carbocycles. The molecule has 0 saturated heterocycles. The van der Waals surface area contributed by atoms with Gasteiger partial charge < -0.3 is 4.90 Å². The third-order valence-electron chi connectivity index (χ3n) is 1.74. The SMILES string of the molecule is CN(C)/C=C/C(Br)c1ccc(F)cc1. The summed E-state index contributed by atoms with van der Waals surface area (Å²) in [6, 6.07) is 6.48. The van der Waals surface area contributed by atoms with Gasteiger partial charge in [0.2, 0.25) is 0 Å². The van der Waals surface area contributed by atoms with E-state index in [0.717, 1.165) is 5.56 Å². The smallest absolute Gasteiger partial charge is 0.123 e. The Morgan fingerprint density at radius 2 is 1.86 bits per heavy atom. The molecule has 0 aliphatic heterocycles. The van der Waals surface area contributed by atoms with E-state index in [1.54, 1.807) is 12.1 Å². The average Bonchev–Trinajstić information content (AvgIpc) is 2.15. The second-order valence-corrected chi connectivity index (χ2v) is 4.24. The molecule has 0 saturated carbocycles. The van der Waals surface area contributed by atoms with Gasteiger partial charge in [-0.2, -0.15) is 0 Å². The van der Waals surface area contributed by atoms with Crippen LogP contribution < -0.4 is 0 Å². The van der Waals surface area contributed by atoms with Crippen LogP contribution in [0, 0.1) is 5.82 Å². The van der Waals surface area contributed by atoms with E-state index in [9.17, 15) is 4.39 Å². The van der Waals surface area contributed by atoms with Gasteiger partial charge in [0, 0.05) is 14.1 Å². The number of hydrogen-bond donors (Lipinski definition) is 0. The van der Waals surface area contributed by atoms with E-state index in [0.29, 0.717) is 0 Å². The maximum absolute atomic E-state index is 12.6. The van der Waals surface area contributed by atoms with Crippen molar-refractivity contribution >= 4 is 15.9 Å². The minimum Gasteiger partial charge on any atom is -0.384 e. The van der Waals surface area contributed by atoms with Gasteiger partial charge in [-0.25, -0.2) is 4.39 Å². The van der Waals surface area contributed by atoms with E-state index in [2.05, 4.69) is 15.9 Å². The van der Waals surface area contributed by atoms with Crippen molar-refractivity contribution in [3.05, 3.63) is 47.9 Å². The highest BCUT2D eigenvalue weighted by Gasteiger charge is 2.02. The fraction of sp³-hybridized carbons (Fsp3) is 0.273. The number of allylic oxidation sites excluding steroid dienone is 1. The molecule has 1 rings (SSSR count). The van der Waals surface area contributed by atoms with E-state index in [-0.39, 0.29) is 10.6 Å². The molecule has 1 aromatic carbocycles. The zero-order valence-electron chi connectivity index (χ0n) is 8.24. The number of nitrogens with zero attached hydrogens (tertiary/aromatic N) is 1. The van der Waals surface area contributed by atoms with Gasteiger partial charge in [0.15, 0.2) is 0 Å². The molecule has 0 amide bonds. The maximum atomic E-state index is 12.6. The zero-order valence-corrected chi connectivity index (χ0v) is 9.83. The van der Waals surface area contributed by atoms with Gasteiger partial charge in [-0.3, -0.25) is 0 Å². The molecule has 0 aliphatic rings. The maximum Gasteiger partial charge on any atom is 0.123 e. The first kappa shape index (κ1) is 11.2. The largest absolute Gasteiger partial charge is 0.384 e. The Hall–Kier alpha value is -0.830. The first-order valence-electron chi connectivity index (χ1n) is 4.34. The number of benzene rings is 1. The molecule has 0 radical (unpaired) electrons. The molecule has 0 heterocycles. The van der Waals surface area contributed by atoms with Crippen LogP contribution in [-0.4, -0.2) is 19.0 Å². The minimum absolute atomic E-state index is 0.130. The van der Waals surface area contributed by atoms with Gasteiger partial charge >= 0.3 is 0 Å². The quantitative estimate of drug-likeness (QED) is 0.751. The van der Waals surface area contributed by atoms with Crippen LogP contribution >= 0.6 is 15.9 Å². The van der Waals surface area contributed by atoms with Crippen molar-refractivity contribution in [2.24, 2.45) is 0 Å². The summed E-state index contributed by atoms with van der Waals surface area (Å²) in [7, 11) is 3.92. The lowest BCUT2D eigenvalue weighted by atomic mass is 10.1. The first-order valence-corrected chi connectivity index (χ1v) is 5.25. The second kappa shape index (κ2) is 5.15. The molecular formula is C11H13BrFN. The van der Waals surface area contributed by atoms with Gasteiger partial charge in [0.05, 0.1) is 4.83 Å².